The van der Waals surface area contributed by atoms with Crippen LogP contribution in [0.1, 0.15) is 35.3 Å². The number of amides is 2. The molecule has 0 aliphatic rings. The van der Waals surface area contributed by atoms with Gasteiger partial charge in [-0.2, -0.15) is 0 Å². The molecule has 0 aromatic heterocycles. The van der Waals surface area contributed by atoms with Gasteiger partial charge in [0.2, 0.25) is 0 Å². The molecule has 0 heterocycles. The maximum atomic E-state index is 12.7. The molecule has 0 spiro atoms. The Morgan fingerprint density at radius 1 is 1.10 bits per heavy atom. The molecule has 0 saturated carbocycles. The first-order valence-electron chi connectivity index (χ1n) is 9.10. The third-order valence-corrected chi connectivity index (χ3v) is 4.42. The van der Waals surface area contributed by atoms with E-state index >= 15 is 0 Å². The van der Waals surface area contributed by atoms with Crippen molar-refractivity contribution in [1.29, 1.82) is 0 Å². The second-order valence-electron chi connectivity index (χ2n) is 6.29. The highest BCUT2D eigenvalue weighted by molar-refractivity contribution is 6.33. The topological polar surface area (TPSA) is 84.5 Å². The molecule has 6 nitrogen and oxygen atoms in total. The molecule has 2 aromatic carbocycles. The molecule has 0 fully saturated rings. The predicted molar refractivity (Wildman–Crippen MR) is 111 cm³/mol. The summed E-state index contributed by atoms with van der Waals surface area (Å²) in [7, 11) is 0. The van der Waals surface area contributed by atoms with Crippen molar-refractivity contribution >= 4 is 29.4 Å². The number of ether oxygens (including phenoxy) is 1. The molecule has 0 unspecified atom stereocenters. The minimum absolute atomic E-state index is 0.140. The average molecular weight is 415 g/mol. The maximum Gasteiger partial charge on any atom is 0.309 e. The largest absolute Gasteiger partial charge is 0.452 e. The third kappa shape index (κ3) is 6.76. The number of carbonyl (C=O) groups excluding carboxylic acids is 3. The van der Waals surface area contributed by atoms with E-state index in [0.29, 0.717) is 10.6 Å². The van der Waals surface area contributed by atoms with Crippen molar-refractivity contribution in [3.05, 3.63) is 83.4 Å². The molecule has 0 aliphatic carbocycles. The lowest BCUT2D eigenvalue weighted by molar-refractivity contribution is -0.155. The highest BCUT2D eigenvalue weighted by Gasteiger charge is 2.24. The Morgan fingerprint density at radius 2 is 1.76 bits per heavy atom. The number of esters is 1. The van der Waals surface area contributed by atoms with Gasteiger partial charge in [-0.3, -0.25) is 14.4 Å². The van der Waals surface area contributed by atoms with E-state index in [1.807, 2.05) is 6.07 Å². The molecule has 0 radical (unpaired) electrons. The summed E-state index contributed by atoms with van der Waals surface area (Å²) in [6.07, 6.45) is 0.430. The quantitative estimate of drug-likeness (QED) is 0.486. The van der Waals surface area contributed by atoms with Gasteiger partial charge in [-0.1, -0.05) is 60.1 Å². The van der Waals surface area contributed by atoms with Crippen LogP contribution in [0.2, 0.25) is 5.02 Å². The van der Waals surface area contributed by atoms with Crippen molar-refractivity contribution in [1.82, 2.24) is 10.6 Å². The fourth-order valence-electron chi connectivity index (χ4n) is 2.60. The van der Waals surface area contributed by atoms with Crippen LogP contribution in [-0.4, -0.2) is 30.4 Å². The van der Waals surface area contributed by atoms with E-state index in [1.54, 1.807) is 48.5 Å². The van der Waals surface area contributed by atoms with E-state index in [4.69, 9.17) is 16.3 Å². The lowest BCUT2D eigenvalue weighted by Crippen LogP contribution is -2.37. The lowest BCUT2D eigenvalue weighted by atomic mass is 10.0. The Labute approximate surface area is 174 Å². The number of hydrogen-bond acceptors (Lipinski definition) is 4. The van der Waals surface area contributed by atoms with Crippen molar-refractivity contribution in [2.45, 2.75) is 25.5 Å². The van der Waals surface area contributed by atoms with Crippen LogP contribution in [0, 0.1) is 0 Å². The summed E-state index contributed by atoms with van der Waals surface area (Å²) in [5.74, 6) is -1.44. The van der Waals surface area contributed by atoms with Crippen LogP contribution in [0.5, 0.6) is 0 Å². The molecule has 2 amide bonds. The summed E-state index contributed by atoms with van der Waals surface area (Å²) < 4.78 is 5.21. The van der Waals surface area contributed by atoms with E-state index in [9.17, 15) is 14.4 Å². The summed E-state index contributed by atoms with van der Waals surface area (Å²) in [6, 6.07) is 15.0. The van der Waals surface area contributed by atoms with E-state index in [2.05, 4.69) is 17.2 Å². The highest BCUT2D eigenvalue weighted by Crippen LogP contribution is 2.21. The van der Waals surface area contributed by atoms with Crippen molar-refractivity contribution in [3.8, 4) is 0 Å². The fraction of sp³-hybridized carbons (Fsp3) is 0.227. The van der Waals surface area contributed by atoms with Gasteiger partial charge in [0.1, 0.15) is 0 Å². The van der Waals surface area contributed by atoms with E-state index in [1.165, 1.54) is 13.0 Å². The molecule has 7 heteroatoms. The normalized spacial score (nSPS) is 12.3. The number of halogens is 1. The number of benzene rings is 2. The van der Waals surface area contributed by atoms with E-state index in [-0.39, 0.29) is 13.0 Å². The number of nitrogens with one attached hydrogen (secondary N) is 2. The zero-order valence-electron chi connectivity index (χ0n) is 16.1. The number of carbonyl (C=O) groups is 3. The highest BCUT2D eigenvalue weighted by atomic mass is 35.5. The van der Waals surface area contributed by atoms with Gasteiger partial charge in [-0.15, -0.1) is 6.58 Å². The molecule has 152 valence electrons. The lowest BCUT2D eigenvalue weighted by Gasteiger charge is -2.20. The average Bonchev–Trinajstić information content (AvgIpc) is 2.72. The van der Waals surface area contributed by atoms with Crippen molar-refractivity contribution in [2.75, 3.05) is 6.54 Å². The zero-order chi connectivity index (χ0) is 21.2. The van der Waals surface area contributed by atoms with Gasteiger partial charge in [0.15, 0.2) is 6.10 Å². The van der Waals surface area contributed by atoms with Crippen molar-refractivity contribution < 1.29 is 19.1 Å². The fourth-order valence-corrected chi connectivity index (χ4v) is 2.82. The molecule has 0 saturated heterocycles. The molecule has 2 aromatic rings. The molecule has 0 bridgehead atoms. The van der Waals surface area contributed by atoms with Crippen LogP contribution in [0.25, 0.3) is 0 Å². The predicted octanol–water partition coefficient (Wildman–Crippen LogP) is 3.44. The van der Waals surface area contributed by atoms with E-state index < -0.39 is 29.9 Å². The Kier molecular flexibility index (Phi) is 8.43. The van der Waals surface area contributed by atoms with Crippen LogP contribution in [-0.2, 0) is 14.3 Å². The molecule has 2 atom stereocenters. The van der Waals surface area contributed by atoms with Gasteiger partial charge < -0.3 is 15.4 Å². The van der Waals surface area contributed by atoms with Gasteiger partial charge in [0.05, 0.1) is 23.0 Å². The van der Waals surface area contributed by atoms with Gasteiger partial charge in [-0.05, 0) is 24.6 Å². The summed E-state index contributed by atoms with van der Waals surface area (Å²) in [5.41, 5.74) is 1.04. The molecular weight excluding hydrogens is 392 g/mol. The minimum atomic E-state index is -0.960. The smallest absolute Gasteiger partial charge is 0.309 e. The first-order chi connectivity index (χ1) is 13.9. The Bertz CT molecular complexity index is 870. The monoisotopic (exact) mass is 414 g/mol. The van der Waals surface area contributed by atoms with Crippen LogP contribution >= 0.6 is 11.6 Å². The molecule has 2 rings (SSSR count). The first kappa shape index (κ1) is 22.2. The zero-order valence-corrected chi connectivity index (χ0v) is 16.8. The summed E-state index contributed by atoms with van der Waals surface area (Å²) in [4.78, 5) is 36.9. The standard InChI is InChI=1S/C22H23ClN2O4/c1-3-13-24-21(27)15(2)29-20(26)14-19(16-9-5-4-6-10-16)25-22(28)17-11-7-8-12-18(17)23/h3-12,15,19H,1,13-14H2,2H3,(H,24,27)(H,25,28)/t15-,19+/m1/s1. The van der Waals surface area contributed by atoms with Gasteiger partial charge in [-0.25, -0.2) is 0 Å². The molecular formula is C22H23ClN2O4. The summed E-state index contributed by atoms with van der Waals surface area (Å²) in [5, 5.41) is 5.70. The Hall–Kier alpha value is -3.12. The second kappa shape index (κ2) is 11.0. The van der Waals surface area contributed by atoms with Crippen LogP contribution in [0.3, 0.4) is 0 Å². The minimum Gasteiger partial charge on any atom is -0.452 e. The van der Waals surface area contributed by atoms with Gasteiger partial charge in [0.25, 0.3) is 11.8 Å². The molecule has 29 heavy (non-hydrogen) atoms. The van der Waals surface area contributed by atoms with Gasteiger partial charge >= 0.3 is 5.97 Å². The van der Waals surface area contributed by atoms with Crippen molar-refractivity contribution in [3.63, 3.8) is 0 Å². The van der Waals surface area contributed by atoms with E-state index in [0.717, 1.165) is 5.56 Å². The number of rotatable bonds is 9. The van der Waals surface area contributed by atoms with Gasteiger partial charge in [0, 0.05) is 6.54 Å². The Morgan fingerprint density at radius 3 is 2.41 bits per heavy atom. The summed E-state index contributed by atoms with van der Waals surface area (Å²) in [6.45, 7) is 5.27. The van der Waals surface area contributed by atoms with Crippen LogP contribution in [0.4, 0.5) is 0 Å². The third-order valence-electron chi connectivity index (χ3n) is 4.09. The maximum absolute atomic E-state index is 12.7. The number of hydrogen-bond donors (Lipinski definition) is 2. The molecule has 2 N–H and O–H groups in total. The van der Waals surface area contributed by atoms with Crippen LogP contribution < -0.4 is 10.6 Å². The second-order valence-corrected chi connectivity index (χ2v) is 6.69. The molecule has 0 aliphatic heterocycles. The first-order valence-corrected chi connectivity index (χ1v) is 9.48. The SMILES string of the molecule is C=CCNC(=O)[C@@H](C)OC(=O)C[C@H](NC(=O)c1ccccc1Cl)c1ccccc1. The Balaban J connectivity index is 2.10. The summed E-state index contributed by atoms with van der Waals surface area (Å²) >= 11 is 6.10. The van der Waals surface area contributed by atoms with Crippen LogP contribution in [0.15, 0.2) is 67.3 Å². The van der Waals surface area contributed by atoms with Crippen molar-refractivity contribution in [2.24, 2.45) is 0 Å².